The van der Waals surface area contributed by atoms with E-state index < -0.39 is 0 Å². The molecule has 0 atom stereocenters. The zero-order chi connectivity index (χ0) is 21.1. The molecule has 0 unspecified atom stereocenters. The van der Waals surface area contributed by atoms with E-state index in [4.69, 9.17) is 0 Å². The van der Waals surface area contributed by atoms with E-state index in [9.17, 15) is 4.79 Å². The van der Waals surface area contributed by atoms with Gasteiger partial charge in [0.2, 0.25) is 0 Å². The first-order chi connectivity index (χ1) is 14.5. The third-order valence-electron chi connectivity index (χ3n) is 4.98. The van der Waals surface area contributed by atoms with Crippen molar-refractivity contribution in [3.8, 4) is 5.69 Å². The lowest BCUT2D eigenvalue weighted by molar-refractivity contribution is 0.0717. The Hall–Kier alpha value is -2.26. The Morgan fingerprint density at radius 2 is 1.73 bits per heavy atom. The van der Waals surface area contributed by atoms with Crippen molar-refractivity contribution < 1.29 is 4.79 Å². The minimum atomic E-state index is -0.0463. The highest BCUT2D eigenvalue weighted by Crippen LogP contribution is 2.25. The molecule has 1 aliphatic heterocycles. The summed E-state index contributed by atoms with van der Waals surface area (Å²) in [5.41, 5.74) is 3.89. The molecule has 3 heterocycles. The molecule has 30 heavy (non-hydrogen) atoms. The lowest BCUT2D eigenvalue weighted by Crippen LogP contribution is -2.36. The number of aromatic nitrogens is 5. The molecule has 0 bridgehead atoms. The van der Waals surface area contributed by atoms with E-state index in [0.29, 0.717) is 16.6 Å². The monoisotopic (exact) mass is 486 g/mol. The molecule has 1 fully saturated rings. The number of rotatable bonds is 5. The number of hydrogen-bond acceptors (Lipinski definition) is 6. The van der Waals surface area contributed by atoms with Gasteiger partial charge in [-0.1, -0.05) is 32.9 Å². The number of piperidine rings is 1. The van der Waals surface area contributed by atoms with Gasteiger partial charge in [0.25, 0.3) is 5.91 Å². The van der Waals surface area contributed by atoms with E-state index in [1.807, 2.05) is 49.1 Å². The van der Waals surface area contributed by atoms with Crippen LogP contribution in [0.25, 0.3) is 5.69 Å². The Morgan fingerprint density at radius 1 is 1.07 bits per heavy atom. The molecule has 0 radical (unpaired) electrons. The van der Waals surface area contributed by atoms with Crippen LogP contribution in [0.5, 0.6) is 0 Å². The highest BCUT2D eigenvalue weighted by Gasteiger charge is 2.26. The summed E-state index contributed by atoms with van der Waals surface area (Å²) in [5, 5.41) is 9.31. The van der Waals surface area contributed by atoms with Gasteiger partial charge in [-0.3, -0.25) is 4.79 Å². The highest BCUT2D eigenvalue weighted by molar-refractivity contribution is 9.10. The summed E-state index contributed by atoms with van der Waals surface area (Å²) in [6, 6.07) is 9.76. The smallest absolute Gasteiger partial charge is 0.276 e. The summed E-state index contributed by atoms with van der Waals surface area (Å²) in [7, 11) is 0. The normalized spacial score (nSPS) is 14.2. The second-order valence-electron chi connectivity index (χ2n) is 7.35. The van der Waals surface area contributed by atoms with Crippen LogP contribution >= 0.6 is 27.7 Å². The number of aryl methyl sites for hydroxylation is 2. The SMILES string of the molecule is Cc1cc(C)nc(SCc2c(C(=O)N3CCCCC3)nnn2-c2ccc(Br)cc2)n1. The van der Waals surface area contributed by atoms with Gasteiger partial charge in [0.05, 0.1) is 11.4 Å². The molecule has 7 nitrogen and oxygen atoms in total. The maximum atomic E-state index is 13.2. The summed E-state index contributed by atoms with van der Waals surface area (Å²) >= 11 is 4.96. The molecule has 4 rings (SSSR count). The fraction of sp³-hybridized carbons (Fsp3) is 0.381. The van der Waals surface area contributed by atoms with Gasteiger partial charge in [0.1, 0.15) is 0 Å². The van der Waals surface area contributed by atoms with Crippen LogP contribution < -0.4 is 0 Å². The molecule has 0 N–H and O–H groups in total. The number of likely N-dealkylation sites (tertiary alicyclic amines) is 1. The Morgan fingerprint density at radius 3 is 2.40 bits per heavy atom. The standard InChI is InChI=1S/C21H23BrN6OS/c1-14-12-15(2)24-21(23-14)30-13-18-19(20(29)27-10-4-3-5-11-27)25-26-28(18)17-8-6-16(22)7-9-17/h6-9,12H,3-5,10-11,13H2,1-2H3. The number of benzene rings is 1. The van der Waals surface area contributed by atoms with E-state index in [1.165, 1.54) is 18.2 Å². The molecule has 1 aromatic carbocycles. The number of hydrogen-bond donors (Lipinski definition) is 0. The molecular weight excluding hydrogens is 464 g/mol. The summed E-state index contributed by atoms with van der Waals surface area (Å²) in [6.45, 7) is 5.46. The fourth-order valence-electron chi connectivity index (χ4n) is 3.52. The number of carbonyl (C=O) groups excluding carboxylic acids is 1. The highest BCUT2D eigenvalue weighted by atomic mass is 79.9. The Labute approximate surface area is 188 Å². The van der Waals surface area contributed by atoms with Crippen LogP contribution in [0.2, 0.25) is 0 Å². The van der Waals surface area contributed by atoms with Gasteiger partial charge in [-0.25, -0.2) is 14.6 Å². The number of amides is 1. The van der Waals surface area contributed by atoms with E-state index >= 15 is 0 Å². The number of carbonyl (C=O) groups is 1. The average Bonchev–Trinajstić information content (AvgIpc) is 3.16. The van der Waals surface area contributed by atoms with E-state index in [0.717, 1.165) is 53.2 Å². The first kappa shape index (κ1) is 21.0. The third-order valence-corrected chi connectivity index (χ3v) is 6.37. The molecule has 1 amide bonds. The summed E-state index contributed by atoms with van der Waals surface area (Å²) in [6.07, 6.45) is 3.24. The van der Waals surface area contributed by atoms with Crippen LogP contribution in [-0.4, -0.2) is 48.9 Å². The van der Waals surface area contributed by atoms with Crippen molar-refractivity contribution in [2.24, 2.45) is 0 Å². The van der Waals surface area contributed by atoms with Crippen LogP contribution in [0.4, 0.5) is 0 Å². The van der Waals surface area contributed by atoms with Crippen molar-refractivity contribution in [1.29, 1.82) is 0 Å². The van der Waals surface area contributed by atoms with Crippen LogP contribution in [0, 0.1) is 13.8 Å². The quantitative estimate of drug-likeness (QED) is 0.393. The molecule has 0 spiro atoms. The first-order valence-corrected chi connectivity index (χ1v) is 11.7. The molecule has 9 heteroatoms. The van der Waals surface area contributed by atoms with Crippen molar-refractivity contribution in [1.82, 2.24) is 29.9 Å². The summed E-state index contributed by atoms with van der Waals surface area (Å²) < 4.78 is 2.73. The van der Waals surface area contributed by atoms with Crippen molar-refractivity contribution in [3.63, 3.8) is 0 Å². The van der Waals surface area contributed by atoms with E-state index in [1.54, 1.807) is 4.68 Å². The largest absolute Gasteiger partial charge is 0.337 e. The summed E-state index contributed by atoms with van der Waals surface area (Å²) in [5.74, 6) is 0.455. The number of nitrogens with zero attached hydrogens (tertiary/aromatic N) is 6. The van der Waals surface area contributed by atoms with Gasteiger partial charge >= 0.3 is 0 Å². The van der Waals surface area contributed by atoms with Gasteiger partial charge in [-0.15, -0.1) is 5.10 Å². The molecule has 1 saturated heterocycles. The van der Waals surface area contributed by atoms with Crippen molar-refractivity contribution >= 4 is 33.6 Å². The van der Waals surface area contributed by atoms with Gasteiger partial charge < -0.3 is 4.90 Å². The Balaban J connectivity index is 1.67. The zero-order valence-electron chi connectivity index (χ0n) is 17.0. The van der Waals surface area contributed by atoms with Crippen LogP contribution in [-0.2, 0) is 5.75 Å². The predicted molar refractivity (Wildman–Crippen MR) is 120 cm³/mol. The Bertz CT molecular complexity index is 1030. The predicted octanol–water partition coefficient (Wildman–Crippen LogP) is 4.36. The van der Waals surface area contributed by atoms with Crippen LogP contribution in [0.1, 0.15) is 46.8 Å². The second-order valence-corrected chi connectivity index (χ2v) is 9.21. The molecule has 3 aromatic rings. The van der Waals surface area contributed by atoms with Gasteiger partial charge in [0.15, 0.2) is 10.9 Å². The maximum absolute atomic E-state index is 13.2. The second kappa shape index (κ2) is 9.26. The van der Waals surface area contributed by atoms with Crippen molar-refractivity contribution in [3.05, 3.63) is 57.6 Å². The average molecular weight is 487 g/mol. The number of halogens is 1. The van der Waals surface area contributed by atoms with Gasteiger partial charge in [0, 0.05) is 34.7 Å². The van der Waals surface area contributed by atoms with Crippen molar-refractivity contribution in [2.45, 2.75) is 44.0 Å². The minimum absolute atomic E-state index is 0.0463. The third kappa shape index (κ3) is 4.73. The van der Waals surface area contributed by atoms with Crippen molar-refractivity contribution in [2.75, 3.05) is 13.1 Å². The van der Waals surface area contributed by atoms with Gasteiger partial charge in [-0.2, -0.15) is 0 Å². The molecule has 0 aliphatic carbocycles. The lowest BCUT2D eigenvalue weighted by Gasteiger charge is -2.26. The topological polar surface area (TPSA) is 76.8 Å². The lowest BCUT2D eigenvalue weighted by atomic mass is 10.1. The van der Waals surface area contributed by atoms with E-state index in [-0.39, 0.29) is 5.91 Å². The zero-order valence-corrected chi connectivity index (χ0v) is 19.4. The van der Waals surface area contributed by atoms with Gasteiger partial charge in [-0.05, 0) is 63.4 Å². The van der Waals surface area contributed by atoms with E-state index in [2.05, 4.69) is 36.2 Å². The number of thioether (sulfide) groups is 1. The maximum Gasteiger partial charge on any atom is 0.276 e. The van der Waals surface area contributed by atoms with Crippen LogP contribution in [0.15, 0.2) is 40.0 Å². The van der Waals surface area contributed by atoms with Crippen LogP contribution in [0.3, 0.4) is 0 Å². The Kier molecular flexibility index (Phi) is 6.48. The molecular formula is C21H23BrN6OS. The molecule has 2 aromatic heterocycles. The summed E-state index contributed by atoms with van der Waals surface area (Å²) in [4.78, 5) is 24.1. The molecule has 1 aliphatic rings. The molecule has 0 saturated carbocycles. The minimum Gasteiger partial charge on any atom is -0.337 e. The fourth-order valence-corrected chi connectivity index (χ4v) is 4.73. The molecule has 156 valence electrons. The first-order valence-electron chi connectivity index (χ1n) is 9.96.